The highest BCUT2D eigenvalue weighted by atomic mass is 19.1. The van der Waals surface area contributed by atoms with Crippen molar-refractivity contribution in [1.29, 1.82) is 0 Å². The molecule has 0 atom stereocenters. The summed E-state index contributed by atoms with van der Waals surface area (Å²) in [5.41, 5.74) is 5.05. The van der Waals surface area contributed by atoms with Crippen LogP contribution in [0, 0.1) is 5.82 Å². The lowest BCUT2D eigenvalue weighted by atomic mass is 10.2. The highest BCUT2D eigenvalue weighted by molar-refractivity contribution is 5.98. The minimum atomic E-state index is -0.720. The summed E-state index contributed by atoms with van der Waals surface area (Å²) in [6.45, 7) is 1.03. The third-order valence-electron chi connectivity index (χ3n) is 3.05. The van der Waals surface area contributed by atoms with Gasteiger partial charge in [-0.3, -0.25) is 14.4 Å². The topological polar surface area (TPSA) is 105 Å². The summed E-state index contributed by atoms with van der Waals surface area (Å²) in [6, 6.07) is 3.44. The van der Waals surface area contributed by atoms with E-state index in [4.69, 9.17) is 5.73 Å². The number of nitrogens with one attached hydrogen (secondary N) is 2. The van der Waals surface area contributed by atoms with Gasteiger partial charge in [0.15, 0.2) is 0 Å². The molecular formula is C13H15FN4O3. The van der Waals surface area contributed by atoms with Crippen LogP contribution in [0.4, 0.5) is 10.1 Å². The van der Waals surface area contributed by atoms with E-state index in [1.165, 1.54) is 11.0 Å². The molecule has 0 spiro atoms. The quantitative estimate of drug-likeness (QED) is 0.682. The van der Waals surface area contributed by atoms with E-state index in [0.29, 0.717) is 13.1 Å². The number of primary amides is 1. The van der Waals surface area contributed by atoms with E-state index >= 15 is 0 Å². The van der Waals surface area contributed by atoms with Gasteiger partial charge in [0.05, 0.1) is 18.8 Å². The second-order valence-electron chi connectivity index (χ2n) is 4.60. The zero-order valence-electron chi connectivity index (χ0n) is 11.2. The number of amides is 3. The molecule has 1 aromatic carbocycles. The minimum Gasteiger partial charge on any atom is -0.366 e. The van der Waals surface area contributed by atoms with Crippen LogP contribution < -0.4 is 16.4 Å². The summed E-state index contributed by atoms with van der Waals surface area (Å²) in [5.74, 6) is -2.13. The summed E-state index contributed by atoms with van der Waals surface area (Å²) in [6.07, 6.45) is 0. The van der Waals surface area contributed by atoms with Crippen LogP contribution >= 0.6 is 0 Å². The molecule has 1 fully saturated rings. The van der Waals surface area contributed by atoms with Gasteiger partial charge in [0.2, 0.25) is 17.7 Å². The van der Waals surface area contributed by atoms with Crippen LogP contribution in [0.3, 0.4) is 0 Å². The molecule has 7 nitrogen and oxygen atoms in total. The summed E-state index contributed by atoms with van der Waals surface area (Å²) >= 11 is 0. The first-order chi connectivity index (χ1) is 9.97. The number of hydrogen-bond donors (Lipinski definition) is 3. The molecule has 0 bridgehead atoms. The van der Waals surface area contributed by atoms with Gasteiger partial charge < -0.3 is 21.3 Å². The van der Waals surface area contributed by atoms with E-state index < -0.39 is 17.6 Å². The monoisotopic (exact) mass is 294 g/mol. The first kappa shape index (κ1) is 14.9. The normalized spacial score (nSPS) is 14.9. The van der Waals surface area contributed by atoms with E-state index in [2.05, 4.69) is 10.6 Å². The predicted molar refractivity (Wildman–Crippen MR) is 73.0 cm³/mol. The highest BCUT2D eigenvalue weighted by Gasteiger charge is 2.20. The van der Waals surface area contributed by atoms with Crippen LogP contribution in [0.5, 0.6) is 0 Å². The molecular weight excluding hydrogens is 279 g/mol. The zero-order chi connectivity index (χ0) is 15.4. The van der Waals surface area contributed by atoms with Crippen LogP contribution in [-0.4, -0.2) is 48.8 Å². The molecule has 1 heterocycles. The summed E-state index contributed by atoms with van der Waals surface area (Å²) in [4.78, 5) is 35.8. The van der Waals surface area contributed by atoms with Gasteiger partial charge in [0.25, 0.3) is 0 Å². The van der Waals surface area contributed by atoms with Crippen molar-refractivity contribution in [2.45, 2.75) is 0 Å². The van der Waals surface area contributed by atoms with Crippen LogP contribution in [0.25, 0.3) is 0 Å². The number of hydrogen-bond acceptors (Lipinski definition) is 4. The molecule has 0 saturated carbocycles. The third kappa shape index (κ3) is 3.76. The molecule has 3 amide bonds. The van der Waals surface area contributed by atoms with Gasteiger partial charge in [-0.05, 0) is 18.2 Å². The van der Waals surface area contributed by atoms with Crippen molar-refractivity contribution in [3.8, 4) is 0 Å². The van der Waals surface area contributed by atoms with E-state index in [9.17, 15) is 18.8 Å². The molecule has 1 aliphatic rings. The SMILES string of the molecule is NC(=O)c1ccc(F)c(NC(=O)CN2CCNCC2=O)c1. The van der Waals surface area contributed by atoms with Gasteiger partial charge in [-0.1, -0.05) is 0 Å². The Morgan fingerprint density at radius 3 is 2.86 bits per heavy atom. The first-order valence-corrected chi connectivity index (χ1v) is 6.35. The Kier molecular flexibility index (Phi) is 4.49. The van der Waals surface area contributed by atoms with Crippen molar-refractivity contribution in [2.24, 2.45) is 5.73 Å². The van der Waals surface area contributed by atoms with Crippen molar-refractivity contribution in [1.82, 2.24) is 10.2 Å². The summed E-state index contributed by atoms with van der Waals surface area (Å²) in [5, 5.41) is 5.22. The number of piperazine rings is 1. The van der Waals surface area contributed by atoms with Gasteiger partial charge in [-0.25, -0.2) is 4.39 Å². The standard InChI is InChI=1S/C13H15FN4O3/c14-9-2-1-8(13(15)21)5-10(9)17-11(19)7-18-4-3-16-6-12(18)20/h1-2,5,16H,3-4,6-7H2,(H2,15,21)(H,17,19). The zero-order valence-corrected chi connectivity index (χ0v) is 11.2. The maximum Gasteiger partial charge on any atom is 0.248 e. The second-order valence-corrected chi connectivity index (χ2v) is 4.60. The Hall–Kier alpha value is -2.48. The Bertz CT molecular complexity index is 591. The molecule has 0 aromatic heterocycles. The fourth-order valence-electron chi connectivity index (χ4n) is 1.95. The Balaban J connectivity index is 2.03. The number of nitrogens with two attached hydrogens (primary N) is 1. The van der Waals surface area contributed by atoms with Gasteiger partial charge in [-0.15, -0.1) is 0 Å². The fraction of sp³-hybridized carbons (Fsp3) is 0.308. The van der Waals surface area contributed by atoms with Crippen LogP contribution in [0.1, 0.15) is 10.4 Å². The van der Waals surface area contributed by atoms with Crippen molar-refractivity contribution < 1.29 is 18.8 Å². The van der Waals surface area contributed by atoms with E-state index in [-0.39, 0.29) is 30.2 Å². The fourth-order valence-corrected chi connectivity index (χ4v) is 1.95. The number of halogens is 1. The Labute approximate surface area is 120 Å². The average molecular weight is 294 g/mol. The van der Waals surface area contributed by atoms with Gasteiger partial charge >= 0.3 is 0 Å². The van der Waals surface area contributed by atoms with Gasteiger partial charge in [0.1, 0.15) is 5.82 Å². The molecule has 1 aromatic rings. The molecule has 0 unspecified atom stereocenters. The smallest absolute Gasteiger partial charge is 0.248 e. The van der Waals surface area contributed by atoms with Gasteiger partial charge in [-0.2, -0.15) is 0 Å². The molecule has 21 heavy (non-hydrogen) atoms. The molecule has 0 aliphatic carbocycles. The van der Waals surface area contributed by atoms with Crippen LogP contribution in [0.15, 0.2) is 18.2 Å². The van der Waals surface area contributed by atoms with Gasteiger partial charge in [0, 0.05) is 18.7 Å². The highest BCUT2D eigenvalue weighted by Crippen LogP contribution is 2.16. The molecule has 1 saturated heterocycles. The maximum atomic E-state index is 13.6. The number of nitrogens with zero attached hydrogens (tertiary/aromatic N) is 1. The molecule has 112 valence electrons. The van der Waals surface area contributed by atoms with E-state index in [1.54, 1.807) is 0 Å². The number of benzene rings is 1. The largest absolute Gasteiger partial charge is 0.366 e. The van der Waals surface area contributed by atoms with Crippen LogP contribution in [-0.2, 0) is 9.59 Å². The lowest BCUT2D eigenvalue weighted by molar-refractivity contribution is -0.135. The van der Waals surface area contributed by atoms with Crippen molar-refractivity contribution in [2.75, 3.05) is 31.5 Å². The van der Waals surface area contributed by atoms with E-state index in [0.717, 1.165) is 12.1 Å². The van der Waals surface area contributed by atoms with Crippen molar-refractivity contribution in [3.05, 3.63) is 29.6 Å². The summed E-state index contributed by atoms with van der Waals surface area (Å²) < 4.78 is 13.6. The Morgan fingerprint density at radius 1 is 1.43 bits per heavy atom. The number of carbonyl (C=O) groups is 3. The lowest BCUT2D eigenvalue weighted by Gasteiger charge is -2.26. The molecule has 2 rings (SSSR count). The maximum absolute atomic E-state index is 13.6. The molecule has 8 heteroatoms. The average Bonchev–Trinajstić information content (AvgIpc) is 2.43. The van der Waals surface area contributed by atoms with Crippen molar-refractivity contribution >= 4 is 23.4 Å². The van der Waals surface area contributed by atoms with E-state index in [1.807, 2.05) is 0 Å². The number of rotatable bonds is 4. The molecule has 0 radical (unpaired) electrons. The number of anilines is 1. The van der Waals surface area contributed by atoms with Crippen LogP contribution in [0.2, 0.25) is 0 Å². The van der Waals surface area contributed by atoms with Crippen molar-refractivity contribution in [3.63, 3.8) is 0 Å². The predicted octanol–water partition coefficient (Wildman–Crippen LogP) is -0.705. The molecule has 4 N–H and O–H groups in total. The minimum absolute atomic E-state index is 0.0879. The Morgan fingerprint density at radius 2 is 2.19 bits per heavy atom. The third-order valence-corrected chi connectivity index (χ3v) is 3.05. The first-order valence-electron chi connectivity index (χ1n) is 6.35. The second kappa shape index (κ2) is 6.31. The molecule has 1 aliphatic heterocycles. The lowest BCUT2D eigenvalue weighted by Crippen LogP contribution is -2.50. The number of carbonyl (C=O) groups excluding carboxylic acids is 3. The summed E-state index contributed by atoms with van der Waals surface area (Å²) in [7, 11) is 0.